The fourth-order valence-electron chi connectivity index (χ4n) is 3.91. The summed E-state index contributed by atoms with van der Waals surface area (Å²) >= 11 is 1.34. The Kier molecular flexibility index (Phi) is 11.0. The molecule has 37 heavy (non-hydrogen) atoms. The van der Waals surface area contributed by atoms with Crippen LogP contribution in [0, 0.1) is 5.82 Å². The largest absolute Gasteiger partial charge is 0.497 e. The summed E-state index contributed by atoms with van der Waals surface area (Å²) in [6, 6.07) is 23.1. The maximum Gasteiger partial charge on any atom is 0.243 e. The van der Waals surface area contributed by atoms with Crippen molar-refractivity contribution in [2.75, 3.05) is 12.9 Å². The van der Waals surface area contributed by atoms with Crippen LogP contribution in [0.25, 0.3) is 0 Å². The van der Waals surface area contributed by atoms with Crippen LogP contribution in [0.3, 0.4) is 0 Å². The van der Waals surface area contributed by atoms with Crippen LogP contribution in [0.15, 0.2) is 78.9 Å². The molecule has 0 saturated heterocycles. The maximum atomic E-state index is 14.1. The number of methoxy groups -OCH3 is 1. The summed E-state index contributed by atoms with van der Waals surface area (Å²) in [5.41, 5.74) is 2.38. The standard InChI is InChI=1S/C30H35FN2O3S/c1-4-22(2)32-30(35)28(18-23-11-6-5-7-12-23)33(19-24-13-10-15-26(17-24)36-3)29(34)21-37-20-25-14-8-9-16-27(25)31/h5-17,22,28H,4,18-21H2,1-3H3,(H,32,35)/t22-,28-/m1/s1. The van der Waals surface area contributed by atoms with E-state index in [4.69, 9.17) is 4.74 Å². The van der Waals surface area contributed by atoms with Gasteiger partial charge in [0.25, 0.3) is 0 Å². The maximum absolute atomic E-state index is 14.1. The molecule has 0 aliphatic carbocycles. The lowest BCUT2D eigenvalue weighted by Gasteiger charge is -2.32. The summed E-state index contributed by atoms with van der Waals surface area (Å²) < 4.78 is 19.5. The molecule has 0 aliphatic heterocycles. The van der Waals surface area contributed by atoms with Crippen molar-refractivity contribution in [3.63, 3.8) is 0 Å². The first-order valence-corrected chi connectivity index (χ1v) is 13.6. The van der Waals surface area contributed by atoms with Crippen LogP contribution in [0.4, 0.5) is 4.39 Å². The first-order valence-electron chi connectivity index (χ1n) is 12.5. The number of carbonyl (C=O) groups excluding carboxylic acids is 2. The first-order chi connectivity index (χ1) is 17.9. The van der Waals surface area contributed by atoms with Crippen LogP contribution >= 0.6 is 11.8 Å². The molecule has 3 aromatic carbocycles. The molecular formula is C30H35FN2O3S. The second-order valence-electron chi connectivity index (χ2n) is 8.98. The van der Waals surface area contributed by atoms with Crippen LogP contribution < -0.4 is 10.1 Å². The molecule has 0 aliphatic rings. The lowest BCUT2D eigenvalue weighted by molar-refractivity contribution is -0.139. The second kappa shape index (κ2) is 14.4. The summed E-state index contributed by atoms with van der Waals surface area (Å²) in [4.78, 5) is 28.8. The highest BCUT2D eigenvalue weighted by molar-refractivity contribution is 7.99. The van der Waals surface area contributed by atoms with Gasteiger partial charge in [-0.1, -0.05) is 67.6 Å². The number of amides is 2. The van der Waals surface area contributed by atoms with E-state index in [1.54, 1.807) is 30.2 Å². The van der Waals surface area contributed by atoms with Crippen molar-refractivity contribution >= 4 is 23.6 Å². The van der Waals surface area contributed by atoms with Crippen molar-refractivity contribution < 1.29 is 18.7 Å². The third-order valence-electron chi connectivity index (χ3n) is 6.20. The molecule has 7 heteroatoms. The van der Waals surface area contributed by atoms with E-state index in [1.807, 2.05) is 68.4 Å². The summed E-state index contributed by atoms with van der Waals surface area (Å²) in [7, 11) is 1.60. The predicted molar refractivity (Wildman–Crippen MR) is 148 cm³/mol. The van der Waals surface area contributed by atoms with Gasteiger partial charge in [0.2, 0.25) is 11.8 Å². The Morgan fingerprint density at radius 1 is 1.00 bits per heavy atom. The highest BCUT2D eigenvalue weighted by Crippen LogP contribution is 2.21. The fourth-order valence-corrected chi connectivity index (χ4v) is 4.81. The van der Waals surface area contributed by atoms with Gasteiger partial charge in [-0.3, -0.25) is 9.59 Å². The molecule has 0 fully saturated rings. The number of nitrogens with zero attached hydrogens (tertiary/aromatic N) is 1. The van der Waals surface area contributed by atoms with E-state index in [0.29, 0.717) is 23.5 Å². The molecule has 196 valence electrons. The van der Waals surface area contributed by atoms with E-state index in [-0.39, 0.29) is 36.0 Å². The molecule has 0 unspecified atom stereocenters. The Hall–Kier alpha value is -3.32. The van der Waals surface area contributed by atoms with Gasteiger partial charge in [-0.15, -0.1) is 11.8 Å². The van der Waals surface area contributed by atoms with E-state index in [0.717, 1.165) is 17.5 Å². The zero-order chi connectivity index (χ0) is 26.6. The Morgan fingerprint density at radius 2 is 1.70 bits per heavy atom. The zero-order valence-corrected chi connectivity index (χ0v) is 22.5. The van der Waals surface area contributed by atoms with Gasteiger partial charge in [-0.05, 0) is 48.2 Å². The SMILES string of the molecule is CC[C@@H](C)NC(=O)[C@@H](Cc1ccccc1)N(Cc1cccc(OC)c1)C(=O)CSCc1ccccc1F. The van der Waals surface area contributed by atoms with Gasteiger partial charge in [0.05, 0.1) is 12.9 Å². The number of ether oxygens (including phenoxy) is 1. The molecule has 0 radical (unpaired) electrons. The topological polar surface area (TPSA) is 58.6 Å². The van der Waals surface area contributed by atoms with E-state index >= 15 is 0 Å². The van der Waals surface area contributed by atoms with Crippen molar-refractivity contribution in [3.05, 3.63) is 101 Å². The Labute approximate surface area is 223 Å². The van der Waals surface area contributed by atoms with Gasteiger partial charge in [-0.25, -0.2) is 4.39 Å². The predicted octanol–water partition coefficient (Wildman–Crippen LogP) is 5.62. The van der Waals surface area contributed by atoms with Gasteiger partial charge in [0.15, 0.2) is 0 Å². The van der Waals surface area contributed by atoms with Gasteiger partial charge in [0, 0.05) is 24.8 Å². The van der Waals surface area contributed by atoms with Crippen molar-refractivity contribution in [2.24, 2.45) is 0 Å². The number of thioether (sulfide) groups is 1. The van der Waals surface area contributed by atoms with E-state index in [2.05, 4.69) is 5.32 Å². The molecule has 2 atom stereocenters. The Bertz CT molecular complexity index is 1160. The summed E-state index contributed by atoms with van der Waals surface area (Å²) in [6.45, 7) is 4.22. The molecule has 1 N–H and O–H groups in total. The first kappa shape index (κ1) is 28.3. The third kappa shape index (κ3) is 8.64. The van der Waals surface area contributed by atoms with Crippen molar-refractivity contribution in [3.8, 4) is 5.75 Å². The van der Waals surface area contributed by atoms with Crippen LogP contribution in [0.1, 0.15) is 37.0 Å². The van der Waals surface area contributed by atoms with Gasteiger partial charge in [-0.2, -0.15) is 0 Å². The fraction of sp³-hybridized carbons (Fsp3) is 0.333. The Balaban J connectivity index is 1.88. The molecule has 0 heterocycles. The monoisotopic (exact) mass is 522 g/mol. The number of nitrogens with one attached hydrogen (secondary N) is 1. The molecule has 2 amide bonds. The quantitative estimate of drug-likeness (QED) is 0.317. The van der Waals surface area contributed by atoms with Crippen molar-refractivity contribution in [1.29, 1.82) is 0 Å². The zero-order valence-electron chi connectivity index (χ0n) is 21.7. The van der Waals surface area contributed by atoms with Crippen LogP contribution in [0.5, 0.6) is 5.75 Å². The van der Waals surface area contributed by atoms with E-state index in [9.17, 15) is 14.0 Å². The number of rotatable bonds is 13. The van der Waals surface area contributed by atoms with Gasteiger partial charge < -0.3 is 15.0 Å². The minimum atomic E-state index is -0.704. The molecule has 0 bridgehead atoms. The summed E-state index contributed by atoms with van der Waals surface area (Å²) in [6.07, 6.45) is 1.17. The van der Waals surface area contributed by atoms with E-state index in [1.165, 1.54) is 17.8 Å². The number of carbonyl (C=O) groups is 2. The van der Waals surface area contributed by atoms with Gasteiger partial charge in [0.1, 0.15) is 17.6 Å². The second-order valence-corrected chi connectivity index (χ2v) is 9.97. The average molecular weight is 523 g/mol. The minimum absolute atomic E-state index is 0.0185. The van der Waals surface area contributed by atoms with Crippen LogP contribution in [-0.4, -0.2) is 41.7 Å². The molecule has 0 spiro atoms. The molecule has 5 nitrogen and oxygen atoms in total. The van der Waals surface area contributed by atoms with Crippen molar-refractivity contribution in [2.45, 2.75) is 51.1 Å². The molecule has 0 saturated carbocycles. The summed E-state index contributed by atoms with van der Waals surface area (Å²) in [5, 5.41) is 3.07. The molecule has 3 aromatic rings. The minimum Gasteiger partial charge on any atom is -0.497 e. The molecular weight excluding hydrogens is 487 g/mol. The van der Waals surface area contributed by atoms with Crippen LogP contribution in [-0.2, 0) is 28.3 Å². The lowest BCUT2D eigenvalue weighted by Crippen LogP contribution is -2.52. The average Bonchev–Trinajstić information content (AvgIpc) is 2.92. The number of benzene rings is 3. The lowest BCUT2D eigenvalue weighted by atomic mass is 10.0. The normalized spacial score (nSPS) is 12.4. The third-order valence-corrected chi connectivity index (χ3v) is 7.17. The number of hydrogen-bond donors (Lipinski definition) is 1. The van der Waals surface area contributed by atoms with Crippen LogP contribution in [0.2, 0.25) is 0 Å². The summed E-state index contributed by atoms with van der Waals surface area (Å²) in [5.74, 6) is 0.527. The van der Waals surface area contributed by atoms with E-state index < -0.39 is 6.04 Å². The highest BCUT2D eigenvalue weighted by Gasteiger charge is 2.31. The van der Waals surface area contributed by atoms with Gasteiger partial charge >= 0.3 is 0 Å². The molecule has 0 aromatic heterocycles. The Morgan fingerprint density at radius 3 is 2.41 bits per heavy atom. The molecule has 3 rings (SSSR count). The smallest absolute Gasteiger partial charge is 0.243 e. The van der Waals surface area contributed by atoms with Crippen molar-refractivity contribution in [1.82, 2.24) is 10.2 Å². The number of halogens is 1. The number of hydrogen-bond acceptors (Lipinski definition) is 4. The highest BCUT2D eigenvalue weighted by atomic mass is 32.2.